The van der Waals surface area contributed by atoms with E-state index in [1.165, 1.54) is 25.7 Å². The minimum absolute atomic E-state index is 0.107. The van der Waals surface area contributed by atoms with Crippen LogP contribution in [0.15, 0.2) is 5.16 Å². The van der Waals surface area contributed by atoms with Gasteiger partial charge in [-0.1, -0.05) is 18.5 Å². The predicted molar refractivity (Wildman–Crippen MR) is 78.4 cm³/mol. The highest BCUT2D eigenvalue weighted by atomic mass is 16.4. The van der Waals surface area contributed by atoms with Crippen molar-refractivity contribution < 1.29 is 10.0 Å². The Morgan fingerprint density at radius 3 is 2.70 bits per heavy atom. The van der Waals surface area contributed by atoms with Crippen molar-refractivity contribution in [3.05, 3.63) is 0 Å². The largest absolute Gasteiger partial charge is 0.409 e. The number of carbonyl (C=O) groups excluding carboxylic acids is 1. The van der Waals surface area contributed by atoms with E-state index in [1.807, 2.05) is 18.7 Å². The van der Waals surface area contributed by atoms with E-state index in [9.17, 15) is 4.79 Å². The van der Waals surface area contributed by atoms with E-state index in [0.717, 1.165) is 11.8 Å². The molecular weight excluding hydrogens is 254 g/mol. The minimum atomic E-state index is -0.107. The summed E-state index contributed by atoms with van der Waals surface area (Å²) in [5, 5.41) is 11.7. The number of hydrogen-bond donors (Lipinski definition) is 2. The first-order valence-electron chi connectivity index (χ1n) is 7.80. The lowest BCUT2D eigenvalue weighted by Gasteiger charge is -2.27. The molecule has 114 valence electrons. The Labute approximate surface area is 121 Å². The molecule has 2 fully saturated rings. The second-order valence-electron chi connectivity index (χ2n) is 6.50. The molecule has 5 nitrogen and oxygen atoms in total. The highest BCUT2D eigenvalue weighted by Crippen LogP contribution is 2.49. The van der Waals surface area contributed by atoms with Crippen LogP contribution in [-0.2, 0) is 4.79 Å². The van der Waals surface area contributed by atoms with E-state index in [4.69, 9.17) is 10.9 Å². The third kappa shape index (κ3) is 3.25. The summed E-state index contributed by atoms with van der Waals surface area (Å²) in [4.78, 5) is 14.3. The summed E-state index contributed by atoms with van der Waals surface area (Å²) >= 11 is 0. The van der Waals surface area contributed by atoms with Crippen molar-refractivity contribution in [3.63, 3.8) is 0 Å². The lowest BCUT2D eigenvalue weighted by Crippen LogP contribution is -2.39. The zero-order valence-corrected chi connectivity index (χ0v) is 12.6. The van der Waals surface area contributed by atoms with Gasteiger partial charge in [-0.05, 0) is 43.9 Å². The fourth-order valence-corrected chi connectivity index (χ4v) is 3.91. The van der Waals surface area contributed by atoms with Crippen molar-refractivity contribution in [1.29, 1.82) is 0 Å². The first-order valence-corrected chi connectivity index (χ1v) is 7.80. The fraction of sp³-hybridized carbons (Fsp3) is 0.867. The first kappa shape index (κ1) is 15.1. The van der Waals surface area contributed by atoms with Crippen LogP contribution in [0, 0.1) is 23.7 Å². The number of nitrogens with two attached hydrogens (primary N) is 1. The monoisotopic (exact) mass is 281 g/mol. The maximum atomic E-state index is 12.4. The van der Waals surface area contributed by atoms with Crippen molar-refractivity contribution in [2.24, 2.45) is 34.6 Å². The number of amides is 1. The molecule has 2 aliphatic rings. The van der Waals surface area contributed by atoms with Crippen LogP contribution in [0.5, 0.6) is 0 Å². The van der Waals surface area contributed by atoms with E-state index in [1.54, 1.807) is 0 Å². The Balaban J connectivity index is 1.86. The van der Waals surface area contributed by atoms with Gasteiger partial charge in [0, 0.05) is 25.4 Å². The van der Waals surface area contributed by atoms with Crippen molar-refractivity contribution >= 4 is 11.7 Å². The van der Waals surface area contributed by atoms with Crippen molar-refractivity contribution in [2.45, 2.75) is 46.0 Å². The molecule has 0 aromatic heterocycles. The maximum Gasteiger partial charge on any atom is 0.222 e. The standard InChI is InChI=1S/C15H27N3O2/c1-3-18(9-10(2)15(16)17-20)14(19)8-13-7-11-4-5-12(13)6-11/h10-13,20H,3-9H2,1-2H3,(H2,16,17). The summed E-state index contributed by atoms with van der Waals surface area (Å²) < 4.78 is 0. The lowest BCUT2D eigenvalue weighted by molar-refractivity contribution is -0.132. The number of oxime groups is 1. The number of hydrogen-bond acceptors (Lipinski definition) is 3. The Kier molecular flexibility index (Phi) is 4.89. The second kappa shape index (κ2) is 6.46. The third-order valence-corrected chi connectivity index (χ3v) is 5.17. The second-order valence-corrected chi connectivity index (χ2v) is 6.50. The fourth-order valence-electron chi connectivity index (χ4n) is 3.91. The number of nitrogens with zero attached hydrogens (tertiary/aromatic N) is 2. The van der Waals surface area contributed by atoms with Gasteiger partial charge in [-0.15, -0.1) is 0 Å². The van der Waals surface area contributed by atoms with E-state index < -0.39 is 0 Å². The smallest absolute Gasteiger partial charge is 0.222 e. The zero-order chi connectivity index (χ0) is 14.7. The zero-order valence-electron chi connectivity index (χ0n) is 12.6. The topological polar surface area (TPSA) is 78.9 Å². The van der Waals surface area contributed by atoms with E-state index >= 15 is 0 Å². The van der Waals surface area contributed by atoms with Gasteiger partial charge in [0.15, 0.2) is 0 Å². The summed E-state index contributed by atoms with van der Waals surface area (Å²) in [6.45, 7) is 5.08. The van der Waals surface area contributed by atoms with Crippen LogP contribution in [-0.4, -0.2) is 34.9 Å². The molecule has 4 unspecified atom stereocenters. The van der Waals surface area contributed by atoms with Gasteiger partial charge in [-0.2, -0.15) is 0 Å². The number of fused-ring (bicyclic) bond motifs is 2. The van der Waals surface area contributed by atoms with E-state index in [2.05, 4.69) is 5.16 Å². The molecule has 2 rings (SSSR count). The Morgan fingerprint density at radius 1 is 1.45 bits per heavy atom. The molecule has 0 aromatic rings. The average Bonchev–Trinajstić information content (AvgIpc) is 3.05. The van der Waals surface area contributed by atoms with E-state index in [0.29, 0.717) is 25.4 Å². The van der Waals surface area contributed by atoms with Crippen molar-refractivity contribution in [3.8, 4) is 0 Å². The SMILES string of the molecule is CCN(CC(C)C(N)=NO)C(=O)CC1CC2CCC1C2. The van der Waals surface area contributed by atoms with Gasteiger partial charge in [0.2, 0.25) is 5.91 Å². The summed E-state index contributed by atoms with van der Waals surface area (Å²) in [6, 6.07) is 0. The summed E-state index contributed by atoms with van der Waals surface area (Å²) in [5.74, 6) is 2.56. The van der Waals surface area contributed by atoms with Crippen LogP contribution >= 0.6 is 0 Å². The van der Waals surface area contributed by atoms with Crippen molar-refractivity contribution in [1.82, 2.24) is 4.90 Å². The van der Waals surface area contributed by atoms with Crippen LogP contribution in [0.1, 0.15) is 46.0 Å². The molecule has 2 saturated carbocycles. The van der Waals surface area contributed by atoms with Crippen LogP contribution in [0.2, 0.25) is 0 Å². The molecule has 0 aliphatic heterocycles. The van der Waals surface area contributed by atoms with Crippen LogP contribution < -0.4 is 5.73 Å². The van der Waals surface area contributed by atoms with Gasteiger partial charge in [-0.25, -0.2) is 0 Å². The molecule has 20 heavy (non-hydrogen) atoms. The molecule has 0 aromatic carbocycles. The average molecular weight is 281 g/mol. The van der Waals surface area contributed by atoms with Crippen molar-refractivity contribution in [2.75, 3.05) is 13.1 Å². The molecule has 3 N–H and O–H groups in total. The summed E-state index contributed by atoms with van der Waals surface area (Å²) in [5.41, 5.74) is 5.59. The predicted octanol–water partition coefficient (Wildman–Crippen LogP) is 2.04. The number of rotatable bonds is 6. The number of carbonyl (C=O) groups is 1. The van der Waals surface area contributed by atoms with Gasteiger partial charge >= 0.3 is 0 Å². The van der Waals surface area contributed by atoms with Gasteiger partial charge in [0.25, 0.3) is 0 Å². The molecule has 1 amide bonds. The molecule has 0 radical (unpaired) electrons. The van der Waals surface area contributed by atoms with Gasteiger partial charge in [-0.3, -0.25) is 4.79 Å². The summed E-state index contributed by atoms with van der Waals surface area (Å²) in [6.07, 6.45) is 5.94. The number of amidine groups is 1. The molecule has 2 bridgehead atoms. The maximum absolute atomic E-state index is 12.4. The Morgan fingerprint density at radius 2 is 2.20 bits per heavy atom. The molecule has 4 atom stereocenters. The van der Waals surface area contributed by atoms with Crippen LogP contribution in [0.4, 0.5) is 0 Å². The van der Waals surface area contributed by atoms with Crippen LogP contribution in [0.25, 0.3) is 0 Å². The molecule has 0 spiro atoms. The Hall–Kier alpha value is -1.26. The Bertz CT molecular complexity index is 383. The third-order valence-electron chi connectivity index (χ3n) is 5.17. The lowest BCUT2D eigenvalue weighted by atomic mass is 9.86. The molecule has 0 saturated heterocycles. The first-order chi connectivity index (χ1) is 9.55. The minimum Gasteiger partial charge on any atom is -0.409 e. The van der Waals surface area contributed by atoms with Gasteiger partial charge < -0.3 is 15.8 Å². The molecular formula is C15H27N3O2. The molecule has 0 heterocycles. The normalized spacial score (nSPS) is 30.5. The molecule has 2 aliphatic carbocycles. The molecule has 5 heteroatoms. The van der Waals surface area contributed by atoms with Gasteiger partial charge in [0.05, 0.1) is 0 Å². The van der Waals surface area contributed by atoms with Crippen LogP contribution in [0.3, 0.4) is 0 Å². The van der Waals surface area contributed by atoms with E-state index in [-0.39, 0.29) is 17.7 Å². The van der Waals surface area contributed by atoms with Gasteiger partial charge in [0.1, 0.15) is 5.84 Å². The highest BCUT2D eigenvalue weighted by Gasteiger charge is 2.40. The summed E-state index contributed by atoms with van der Waals surface area (Å²) in [7, 11) is 0. The quantitative estimate of drug-likeness (QED) is 0.338. The highest BCUT2D eigenvalue weighted by molar-refractivity contribution is 5.83.